The van der Waals surface area contributed by atoms with Crippen LogP contribution in [-0.4, -0.2) is 46.7 Å². The van der Waals surface area contributed by atoms with Gasteiger partial charge in [-0.1, -0.05) is 6.07 Å². The van der Waals surface area contributed by atoms with Gasteiger partial charge in [-0.05, 0) is 43.0 Å². The molecule has 0 radical (unpaired) electrons. The van der Waals surface area contributed by atoms with Gasteiger partial charge in [0.15, 0.2) is 0 Å². The molecule has 1 aliphatic heterocycles. The number of nitrogens with zero attached hydrogens (tertiary/aromatic N) is 2. The molecule has 0 spiro atoms. The van der Waals surface area contributed by atoms with E-state index in [4.69, 9.17) is 5.73 Å². The lowest BCUT2D eigenvalue weighted by atomic mass is 9.89. The molecule has 1 fully saturated rings. The Morgan fingerprint density at radius 3 is 2.68 bits per heavy atom. The monoisotopic (exact) mass is 309 g/mol. The molecule has 3 N–H and O–H groups in total. The molecular formula is C15H20FN3O3. The molecule has 1 saturated heterocycles. The number of halogens is 1. The summed E-state index contributed by atoms with van der Waals surface area (Å²) >= 11 is 0. The fourth-order valence-electron chi connectivity index (χ4n) is 3.02. The Bertz CT molecular complexity index is 593. The van der Waals surface area contributed by atoms with Crippen molar-refractivity contribution in [3.05, 3.63) is 35.1 Å². The Kier molecular flexibility index (Phi) is 4.54. The van der Waals surface area contributed by atoms with Gasteiger partial charge in [-0.3, -0.25) is 0 Å². The highest BCUT2D eigenvalue weighted by atomic mass is 19.1. The van der Waals surface area contributed by atoms with Crippen LogP contribution in [0.2, 0.25) is 0 Å². The summed E-state index contributed by atoms with van der Waals surface area (Å²) in [6.45, 7) is 2.05. The summed E-state index contributed by atoms with van der Waals surface area (Å²) in [7, 11) is 1.61. The highest BCUT2D eigenvalue weighted by Crippen LogP contribution is 2.34. The van der Waals surface area contributed by atoms with Gasteiger partial charge in [-0.25, -0.2) is 14.0 Å². The topological polar surface area (TPSA) is 86.9 Å². The molecule has 0 bridgehead atoms. The second-order valence-electron chi connectivity index (χ2n) is 5.62. The van der Waals surface area contributed by atoms with Gasteiger partial charge in [0.2, 0.25) is 0 Å². The van der Waals surface area contributed by atoms with E-state index in [0.29, 0.717) is 24.9 Å². The number of hydrogen-bond acceptors (Lipinski definition) is 2. The maximum absolute atomic E-state index is 13.3. The summed E-state index contributed by atoms with van der Waals surface area (Å²) < 4.78 is 13.3. The van der Waals surface area contributed by atoms with Crippen molar-refractivity contribution in [3.8, 4) is 0 Å². The van der Waals surface area contributed by atoms with E-state index in [9.17, 15) is 19.1 Å². The number of primary amides is 1. The lowest BCUT2D eigenvalue weighted by Crippen LogP contribution is -2.49. The molecule has 7 heteroatoms. The molecule has 120 valence electrons. The predicted octanol–water partition coefficient (Wildman–Crippen LogP) is 2.33. The maximum atomic E-state index is 13.3. The fraction of sp³-hybridized carbons (Fsp3) is 0.467. The lowest BCUT2D eigenvalue weighted by molar-refractivity contribution is 0.0785. The Morgan fingerprint density at radius 2 is 2.14 bits per heavy atom. The first kappa shape index (κ1) is 16.1. The van der Waals surface area contributed by atoms with E-state index in [1.807, 2.05) is 0 Å². The predicted molar refractivity (Wildman–Crippen MR) is 79.0 cm³/mol. The third kappa shape index (κ3) is 3.13. The van der Waals surface area contributed by atoms with Crippen LogP contribution < -0.4 is 5.73 Å². The minimum atomic E-state index is -1.02. The number of aryl methyl sites for hydroxylation is 1. The number of rotatable bonds is 2. The van der Waals surface area contributed by atoms with Crippen molar-refractivity contribution in [2.75, 3.05) is 13.6 Å². The van der Waals surface area contributed by atoms with E-state index < -0.39 is 18.2 Å². The van der Waals surface area contributed by atoms with Crippen LogP contribution in [0.25, 0.3) is 0 Å². The molecule has 1 aromatic rings. The number of urea groups is 1. The molecule has 0 aliphatic carbocycles. The SMILES string of the molecule is Cc1cc(F)ccc1[C@H]1C[C@H](N(C)C(N)=O)CCN1C(=O)O. The number of likely N-dealkylation sites (tertiary alicyclic amines) is 1. The first-order valence-corrected chi connectivity index (χ1v) is 7.09. The zero-order chi connectivity index (χ0) is 16.4. The summed E-state index contributed by atoms with van der Waals surface area (Å²) in [5, 5.41) is 9.40. The number of carboxylic acid groups (broad SMARTS) is 1. The minimum Gasteiger partial charge on any atom is -0.465 e. The fourth-order valence-corrected chi connectivity index (χ4v) is 3.02. The average molecular weight is 309 g/mol. The second kappa shape index (κ2) is 6.21. The number of carbonyl (C=O) groups excluding carboxylic acids is 1. The first-order chi connectivity index (χ1) is 10.3. The van der Waals surface area contributed by atoms with Gasteiger partial charge in [0.05, 0.1) is 6.04 Å². The third-order valence-electron chi connectivity index (χ3n) is 4.31. The van der Waals surface area contributed by atoms with Crippen LogP contribution >= 0.6 is 0 Å². The van der Waals surface area contributed by atoms with Crippen molar-refractivity contribution in [3.63, 3.8) is 0 Å². The van der Waals surface area contributed by atoms with Crippen molar-refractivity contribution < 1.29 is 19.1 Å². The van der Waals surface area contributed by atoms with Crippen molar-refractivity contribution >= 4 is 12.1 Å². The van der Waals surface area contributed by atoms with Crippen LogP contribution in [0, 0.1) is 12.7 Å². The van der Waals surface area contributed by atoms with Gasteiger partial charge in [0.25, 0.3) is 0 Å². The molecular weight excluding hydrogens is 289 g/mol. The van der Waals surface area contributed by atoms with Crippen LogP contribution in [0.5, 0.6) is 0 Å². The average Bonchev–Trinajstić information content (AvgIpc) is 2.45. The van der Waals surface area contributed by atoms with E-state index in [2.05, 4.69) is 0 Å². The van der Waals surface area contributed by atoms with E-state index in [1.165, 1.54) is 21.9 Å². The molecule has 1 heterocycles. The van der Waals surface area contributed by atoms with E-state index in [0.717, 1.165) is 5.56 Å². The Morgan fingerprint density at radius 1 is 1.45 bits per heavy atom. The van der Waals surface area contributed by atoms with Gasteiger partial charge in [-0.2, -0.15) is 0 Å². The van der Waals surface area contributed by atoms with Crippen LogP contribution in [0.15, 0.2) is 18.2 Å². The molecule has 0 aromatic heterocycles. The minimum absolute atomic E-state index is 0.137. The standard InChI is InChI=1S/C15H20FN3O3/c1-9-7-10(16)3-4-12(9)13-8-11(18(2)14(17)20)5-6-19(13)15(21)22/h3-4,7,11,13H,5-6,8H2,1-2H3,(H2,17,20)(H,21,22)/t11-,13-/m1/s1. The Balaban J connectivity index is 2.33. The normalized spacial score (nSPS) is 21.5. The van der Waals surface area contributed by atoms with Crippen molar-refractivity contribution in [2.24, 2.45) is 5.73 Å². The summed E-state index contributed by atoms with van der Waals surface area (Å²) in [6.07, 6.45) is -0.0466. The van der Waals surface area contributed by atoms with Gasteiger partial charge in [-0.15, -0.1) is 0 Å². The summed E-state index contributed by atoms with van der Waals surface area (Å²) in [5.41, 5.74) is 6.75. The second-order valence-corrected chi connectivity index (χ2v) is 5.62. The van der Waals surface area contributed by atoms with Crippen molar-refractivity contribution in [1.82, 2.24) is 9.80 Å². The zero-order valence-corrected chi connectivity index (χ0v) is 12.6. The summed E-state index contributed by atoms with van der Waals surface area (Å²) in [6, 6.07) is 3.22. The third-order valence-corrected chi connectivity index (χ3v) is 4.31. The number of piperidine rings is 1. The van der Waals surface area contributed by atoms with Gasteiger partial charge in [0, 0.05) is 19.6 Å². The van der Waals surface area contributed by atoms with Crippen LogP contribution in [-0.2, 0) is 0 Å². The smallest absolute Gasteiger partial charge is 0.407 e. The van der Waals surface area contributed by atoms with Gasteiger partial charge < -0.3 is 20.6 Å². The maximum Gasteiger partial charge on any atom is 0.407 e. The number of amides is 3. The van der Waals surface area contributed by atoms with Crippen molar-refractivity contribution in [2.45, 2.75) is 31.8 Å². The summed E-state index contributed by atoms with van der Waals surface area (Å²) in [4.78, 5) is 25.6. The molecule has 0 saturated carbocycles. The van der Waals surface area contributed by atoms with E-state index >= 15 is 0 Å². The number of carbonyl (C=O) groups is 2. The van der Waals surface area contributed by atoms with Crippen molar-refractivity contribution in [1.29, 1.82) is 0 Å². The highest BCUT2D eigenvalue weighted by molar-refractivity contribution is 5.72. The lowest BCUT2D eigenvalue weighted by Gasteiger charge is -2.41. The summed E-state index contributed by atoms with van der Waals surface area (Å²) in [5.74, 6) is -0.357. The molecule has 1 aliphatic rings. The molecule has 6 nitrogen and oxygen atoms in total. The highest BCUT2D eigenvalue weighted by Gasteiger charge is 2.35. The number of nitrogens with two attached hydrogens (primary N) is 1. The van der Waals surface area contributed by atoms with E-state index in [-0.39, 0.29) is 11.9 Å². The Labute approximate surface area is 128 Å². The van der Waals surface area contributed by atoms with E-state index in [1.54, 1.807) is 20.0 Å². The van der Waals surface area contributed by atoms with Gasteiger partial charge in [0.1, 0.15) is 5.82 Å². The number of benzene rings is 1. The van der Waals surface area contributed by atoms with Crippen LogP contribution in [0.1, 0.15) is 30.0 Å². The molecule has 0 unspecified atom stereocenters. The molecule has 3 amide bonds. The zero-order valence-electron chi connectivity index (χ0n) is 12.6. The molecule has 2 rings (SSSR count). The van der Waals surface area contributed by atoms with Gasteiger partial charge >= 0.3 is 12.1 Å². The molecule has 2 atom stereocenters. The quantitative estimate of drug-likeness (QED) is 0.879. The largest absolute Gasteiger partial charge is 0.465 e. The van der Waals surface area contributed by atoms with Crippen LogP contribution in [0.4, 0.5) is 14.0 Å². The Hall–Kier alpha value is -2.31. The number of hydrogen-bond donors (Lipinski definition) is 2. The molecule has 22 heavy (non-hydrogen) atoms. The molecule has 1 aromatic carbocycles. The van der Waals surface area contributed by atoms with Crippen LogP contribution in [0.3, 0.4) is 0 Å². The first-order valence-electron chi connectivity index (χ1n) is 7.09.